The maximum Gasteiger partial charge on any atom is 0.231 e. The molecule has 2 aliphatic heterocycles. The summed E-state index contributed by atoms with van der Waals surface area (Å²) in [6.07, 6.45) is -0.0690. The Balaban J connectivity index is 1.17. The van der Waals surface area contributed by atoms with E-state index in [9.17, 15) is 9.90 Å². The van der Waals surface area contributed by atoms with Gasteiger partial charge < -0.3 is 19.3 Å². The lowest BCUT2D eigenvalue weighted by Gasteiger charge is -2.35. The van der Waals surface area contributed by atoms with Crippen LogP contribution in [0.25, 0.3) is 0 Å². The Bertz CT molecular complexity index is 878. The molecule has 0 amide bonds. The van der Waals surface area contributed by atoms with Gasteiger partial charge in [0.25, 0.3) is 0 Å². The minimum Gasteiger partial charge on any atom is -0.491 e. The average Bonchev–Trinajstić information content (AvgIpc) is 3.27. The van der Waals surface area contributed by atoms with Crippen LogP contribution in [0.3, 0.4) is 0 Å². The third-order valence-corrected chi connectivity index (χ3v) is 5.72. The molecule has 2 aromatic carbocycles. The first kappa shape index (κ1) is 21.6. The number of fused-ring (bicyclic) bond motifs is 1. The van der Waals surface area contributed by atoms with Crippen molar-refractivity contribution in [2.24, 2.45) is 0 Å². The minimum atomic E-state index is -0.558. The molecule has 7 nitrogen and oxygen atoms in total. The van der Waals surface area contributed by atoms with Gasteiger partial charge in [-0.25, -0.2) is 0 Å². The summed E-state index contributed by atoms with van der Waals surface area (Å²) in [4.78, 5) is 16.4. The minimum absolute atomic E-state index is 0.115. The van der Waals surface area contributed by atoms with E-state index in [0.29, 0.717) is 31.1 Å². The van der Waals surface area contributed by atoms with E-state index >= 15 is 0 Å². The smallest absolute Gasteiger partial charge is 0.231 e. The number of carbonyl (C=O) groups is 1. The first-order valence-electron chi connectivity index (χ1n) is 10.9. The number of piperazine rings is 1. The highest BCUT2D eigenvalue weighted by atomic mass is 16.7. The van der Waals surface area contributed by atoms with Crippen LogP contribution in [0.1, 0.15) is 29.3 Å². The first-order chi connectivity index (χ1) is 15.1. The summed E-state index contributed by atoms with van der Waals surface area (Å²) in [6, 6.07) is 13.2. The Labute approximate surface area is 183 Å². The molecule has 0 aliphatic carbocycles. The number of ketones is 1. The summed E-state index contributed by atoms with van der Waals surface area (Å²) in [5, 5.41) is 10.4. The van der Waals surface area contributed by atoms with Gasteiger partial charge >= 0.3 is 0 Å². The molecule has 1 N–H and O–H groups in total. The second-order valence-corrected chi connectivity index (χ2v) is 8.03. The van der Waals surface area contributed by atoms with Crippen molar-refractivity contribution in [3.05, 3.63) is 53.6 Å². The summed E-state index contributed by atoms with van der Waals surface area (Å²) in [5.74, 6) is 2.42. The lowest BCUT2D eigenvalue weighted by molar-refractivity contribution is 0.0446. The molecular weight excluding hydrogens is 396 g/mol. The van der Waals surface area contributed by atoms with Crippen LogP contribution in [0, 0.1) is 0 Å². The predicted molar refractivity (Wildman–Crippen MR) is 117 cm³/mol. The van der Waals surface area contributed by atoms with E-state index in [4.69, 9.17) is 14.2 Å². The zero-order chi connectivity index (χ0) is 21.6. The molecule has 2 aliphatic rings. The number of hydrogen-bond donors (Lipinski definition) is 1. The Hall–Kier alpha value is -2.61. The SMILES string of the molecule is CCC(=O)c1ccc(OC[C@H](O)CN2CCN(Cc3ccc4c(c3)OCO4)CC2)cc1. The van der Waals surface area contributed by atoms with Crippen LogP contribution in [0.4, 0.5) is 0 Å². The van der Waals surface area contributed by atoms with Crippen LogP contribution in [0.15, 0.2) is 42.5 Å². The second-order valence-electron chi connectivity index (χ2n) is 8.03. The number of carbonyl (C=O) groups excluding carboxylic acids is 1. The maximum absolute atomic E-state index is 11.7. The zero-order valence-corrected chi connectivity index (χ0v) is 18.0. The lowest BCUT2D eigenvalue weighted by atomic mass is 10.1. The molecule has 2 aromatic rings. The maximum atomic E-state index is 11.7. The van der Waals surface area contributed by atoms with Crippen LogP contribution in [0.2, 0.25) is 0 Å². The number of ether oxygens (including phenoxy) is 3. The molecule has 1 fully saturated rings. The average molecular weight is 427 g/mol. The largest absolute Gasteiger partial charge is 0.491 e. The molecule has 1 saturated heterocycles. The van der Waals surface area contributed by atoms with E-state index in [1.165, 1.54) is 5.56 Å². The van der Waals surface area contributed by atoms with Crippen LogP contribution in [-0.4, -0.2) is 72.9 Å². The van der Waals surface area contributed by atoms with Crippen LogP contribution >= 0.6 is 0 Å². The van der Waals surface area contributed by atoms with Crippen LogP contribution < -0.4 is 14.2 Å². The number of aliphatic hydroxyl groups is 1. The fraction of sp³-hybridized carbons (Fsp3) is 0.458. The third kappa shape index (κ3) is 5.76. The Morgan fingerprint density at radius 2 is 1.74 bits per heavy atom. The number of Topliss-reactive ketones (excluding diaryl/α,β-unsaturated/α-hetero) is 1. The monoisotopic (exact) mass is 426 g/mol. The summed E-state index contributed by atoms with van der Waals surface area (Å²) < 4.78 is 16.5. The summed E-state index contributed by atoms with van der Waals surface area (Å²) >= 11 is 0. The fourth-order valence-electron chi connectivity index (χ4n) is 3.91. The standard InChI is InChI=1S/C24H30N2O5/c1-2-22(28)19-4-6-21(7-5-19)29-16-20(27)15-26-11-9-25(10-12-26)14-18-3-8-23-24(13-18)31-17-30-23/h3-8,13,20,27H,2,9-12,14-17H2,1H3/t20-/m1/s1. The van der Waals surface area contributed by atoms with Crippen molar-refractivity contribution in [1.82, 2.24) is 9.80 Å². The topological polar surface area (TPSA) is 71.5 Å². The molecule has 2 heterocycles. The molecule has 7 heteroatoms. The molecule has 0 spiro atoms. The summed E-state index contributed by atoms with van der Waals surface area (Å²) in [5.41, 5.74) is 1.91. The van der Waals surface area contributed by atoms with Crippen molar-refractivity contribution in [2.45, 2.75) is 26.0 Å². The van der Waals surface area contributed by atoms with Crippen molar-refractivity contribution in [1.29, 1.82) is 0 Å². The molecule has 0 aromatic heterocycles. The Kier molecular flexibility index (Phi) is 7.06. The number of rotatable bonds is 9. The molecule has 31 heavy (non-hydrogen) atoms. The van der Waals surface area contributed by atoms with E-state index in [0.717, 1.165) is 44.2 Å². The first-order valence-corrected chi connectivity index (χ1v) is 10.9. The fourth-order valence-corrected chi connectivity index (χ4v) is 3.91. The highest BCUT2D eigenvalue weighted by Crippen LogP contribution is 2.32. The highest BCUT2D eigenvalue weighted by molar-refractivity contribution is 5.95. The highest BCUT2D eigenvalue weighted by Gasteiger charge is 2.21. The van der Waals surface area contributed by atoms with Gasteiger partial charge in [0.1, 0.15) is 18.5 Å². The van der Waals surface area contributed by atoms with Crippen LogP contribution in [0.5, 0.6) is 17.2 Å². The number of aliphatic hydroxyl groups excluding tert-OH is 1. The van der Waals surface area contributed by atoms with Gasteiger partial charge in [-0.2, -0.15) is 0 Å². The molecule has 0 radical (unpaired) electrons. The number of nitrogens with zero attached hydrogens (tertiary/aromatic N) is 2. The van der Waals surface area contributed by atoms with E-state index < -0.39 is 6.10 Å². The molecule has 0 unspecified atom stereocenters. The molecule has 4 rings (SSSR count). The van der Waals surface area contributed by atoms with Crippen LogP contribution in [-0.2, 0) is 6.54 Å². The molecule has 0 saturated carbocycles. The van der Waals surface area contributed by atoms with Gasteiger partial charge in [0.2, 0.25) is 6.79 Å². The van der Waals surface area contributed by atoms with Gasteiger partial charge in [-0.05, 0) is 42.0 Å². The van der Waals surface area contributed by atoms with E-state index in [-0.39, 0.29) is 12.4 Å². The molecule has 0 bridgehead atoms. The van der Waals surface area contributed by atoms with Crippen molar-refractivity contribution in [3.8, 4) is 17.2 Å². The number of benzene rings is 2. The van der Waals surface area contributed by atoms with Gasteiger partial charge in [0.05, 0.1) is 0 Å². The van der Waals surface area contributed by atoms with Crippen molar-refractivity contribution >= 4 is 5.78 Å². The molecular formula is C24H30N2O5. The van der Waals surface area contributed by atoms with Gasteiger partial charge in [-0.15, -0.1) is 0 Å². The lowest BCUT2D eigenvalue weighted by Crippen LogP contribution is -2.48. The zero-order valence-electron chi connectivity index (χ0n) is 18.0. The quantitative estimate of drug-likeness (QED) is 0.618. The summed E-state index contributed by atoms with van der Waals surface area (Å²) in [6.45, 7) is 7.58. The van der Waals surface area contributed by atoms with Gasteiger partial charge in [-0.3, -0.25) is 14.6 Å². The third-order valence-electron chi connectivity index (χ3n) is 5.72. The van der Waals surface area contributed by atoms with Crippen molar-refractivity contribution in [3.63, 3.8) is 0 Å². The second kappa shape index (κ2) is 10.1. The Morgan fingerprint density at radius 1 is 1.03 bits per heavy atom. The molecule has 166 valence electrons. The van der Waals surface area contributed by atoms with Gasteiger partial charge in [-0.1, -0.05) is 13.0 Å². The number of β-amino-alcohol motifs (C(OH)–C–C–N with tert-alkyl or cyclic N) is 1. The van der Waals surface area contributed by atoms with E-state index in [1.807, 2.05) is 13.0 Å². The van der Waals surface area contributed by atoms with Gasteiger partial charge in [0, 0.05) is 51.3 Å². The van der Waals surface area contributed by atoms with E-state index in [2.05, 4.69) is 21.9 Å². The predicted octanol–water partition coefficient (Wildman–Crippen LogP) is 2.57. The summed E-state index contributed by atoms with van der Waals surface area (Å²) in [7, 11) is 0. The normalized spacial score (nSPS) is 17.5. The number of hydrogen-bond acceptors (Lipinski definition) is 7. The van der Waals surface area contributed by atoms with E-state index in [1.54, 1.807) is 24.3 Å². The molecule has 1 atom stereocenters. The van der Waals surface area contributed by atoms with Gasteiger partial charge in [0.15, 0.2) is 17.3 Å². The van der Waals surface area contributed by atoms with Crippen molar-refractivity contribution < 1.29 is 24.1 Å². The van der Waals surface area contributed by atoms with Crippen molar-refractivity contribution in [2.75, 3.05) is 46.1 Å². The Morgan fingerprint density at radius 3 is 2.48 bits per heavy atom.